The number of carbonyl (C=O) groups excluding carboxylic acids is 1. The van der Waals surface area contributed by atoms with Crippen molar-refractivity contribution in [1.82, 2.24) is 0 Å². The summed E-state index contributed by atoms with van der Waals surface area (Å²) in [4.78, 5) is 18.5. The first kappa shape index (κ1) is 18.1. The predicted molar refractivity (Wildman–Crippen MR) is 46.0 cm³/mol. The Bertz CT molecular complexity index is 154. The van der Waals surface area contributed by atoms with Crippen molar-refractivity contribution < 1.29 is 33.7 Å². The summed E-state index contributed by atoms with van der Waals surface area (Å²) < 4.78 is 18.5. The predicted octanol–water partition coefficient (Wildman–Crippen LogP) is 2.11. The summed E-state index contributed by atoms with van der Waals surface area (Å²) in [7, 11) is 1.28. The second-order valence-corrected chi connectivity index (χ2v) is 1.32. The number of halogens is 1. The van der Waals surface area contributed by atoms with Crippen molar-refractivity contribution in [3.05, 3.63) is 12.9 Å². The van der Waals surface area contributed by atoms with Gasteiger partial charge in [0.25, 0.3) is 0 Å². The van der Waals surface area contributed by atoms with Crippen LogP contribution in [-0.4, -0.2) is 36.2 Å². The van der Waals surface area contributed by atoms with Crippen LogP contribution in [-0.2, 0) is 9.47 Å². The first-order chi connectivity index (χ1) is 6.45. The lowest BCUT2D eigenvalue weighted by molar-refractivity contribution is 0.0771. The van der Waals surface area contributed by atoms with Crippen LogP contribution < -0.4 is 0 Å². The summed E-state index contributed by atoms with van der Waals surface area (Å²) >= 11 is 0. The van der Waals surface area contributed by atoms with Gasteiger partial charge in [0.2, 0.25) is 0 Å². The Hall–Kier alpha value is -1.79. The minimum absolute atomic E-state index is 0.250. The fraction of sp³-hybridized carbons (Fsp3) is 0.429. The Kier molecular flexibility index (Phi) is 22.4. The average Bonchev–Trinajstić information content (AvgIpc) is 2.05. The Morgan fingerprint density at radius 3 is 1.86 bits per heavy atom. The molecular formula is C7H13FO6. The van der Waals surface area contributed by atoms with E-state index in [0.29, 0.717) is 6.61 Å². The van der Waals surface area contributed by atoms with E-state index in [1.54, 1.807) is 6.92 Å². The molecular weight excluding hydrogens is 199 g/mol. The van der Waals surface area contributed by atoms with Gasteiger partial charge in [-0.05, 0) is 6.92 Å². The quantitative estimate of drug-likeness (QED) is 0.646. The van der Waals surface area contributed by atoms with Crippen molar-refractivity contribution in [3.8, 4) is 0 Å². The van der Waals surface area contributed by atoms with Gasteiger partial charge < -0.3 is 19.7 Å². The molecule has 6 nitrogen and oxygen atoms in total. The van der Waals surface area contributed by atoms with Gasteiger partial charge >= 0.3 is 12.3 Å². The topological polar surface area (TPSA) is 93.1 Å². The van der Waals surface area contributed by atoms with E-state index in [1.165, 1.54) is 7.11 Å². The number of rotatable bonds is 1. The molecule has 0 amide bonds. The van der Waals surface area contributed by atoms with Gasteiger partial charge in [0.05, 0.1) is 20.0 Å². The monoisotopic (exact) mass is 212 g/mol. The lowest BCUT2D eigenvalue weighted by atomic mass is 10.9. The van der Waals surface area contributed by atoms with Crippen molar-refractivity contribution >= 4 is 12.3 Å². The molecule has 0 aromatic heterocycles. The number of carboxylic acid groups (broad SMARTS) is 2. The first-order valence-electron chi connectivity index (χ1n) is 3.29. The van der Waals surface area contributed by atoms with Crippen molar-refractivity contribution in [3.63, 3.8) is 0 Å². The summed E-state index contributed by atoms with van der Waals surface area (Å²) in [5.41, 5.74) is 0. The van der Waals surface area contributed by atoms with Crippen LogP contribution in [0, 0.1) is 0 Å². The molecule has 0 atom stereocenters. The van der Waals surface area contributed by atoms with Crippen molar-refractivity contribution in [2.24, 2.45) is 0 Å². The summed E-state index contributed by atoms with van der Waals surface area (Å²) in [6, 6.07) is 0. The molecule has 0 spiro atoms. The third-order valence-corrected chi connectivity index (χ3v) is 0.429. The fourth-order valence-electron chi connectivity index (χ4n) is 0.177. The number of ether oxygens (including phenoxy) is 2. The molecule has 7 heteroatoms. The SMILES string of the molecule is C=CF.CCOC(=O)OC.O=C(O)O. The van der Waals surface area contributed by atoms with Gasteiger partial charge in [0.15, 0.2) is 0 Å². The van der Waals surface area contributed by atoms with E-state index >= 15 is 0 Å². The molecule has 0 aliphatic carbocycles. The van der Waals surface area contributed by atoms with Crippen LogP contribution in [0.1, 0.15) is 6.92 Å². The molecule has 2 N–H and O–H groups in total. The third-order valence-electron chi connectivity index (χ3n) is 0.429. The first-order valence-corrected chi connectivity index (χ1v) is 3.29. The van der Waals surface area contributed by atoms with Gasteiger partial charge in [-0.25, -0.2) is 14.0 Å². The molecule has 0 aliphatic heterocycles. The number of hydrogen-bond acceptors (Lipinski definition) is 4. The molecule has 0 aromatic carbocycles. The molecule has 84 valence electrons. The zero-order valence-corrected chi connectivity index (χ0v) is 7.90. The zero-order chi connectivity index (χ0) is 12.0. The van der Waals surface area contributed by atoms with Crippen LogP contribution >= 0.6 is 0 Å². The van der Waals surface area contributed by atoms with E-state index in [4.69, 9.17) is 15.0 Å². The lowest BCUT2D eigenvalue weighted by Gasteiger charge is -1.94. The van der Waals surface area contributed by atoms with Gasteiger partial charge in [-0.1, -0.05) is 6.58 Å². The molecule has 0 fully saturated rings. The number of carbonyl (C=O) groups is 2. The lowest BCUT2D eigenvalue weighted by Crippen LogP contribution is -2.02. The molecule has 14 heavy (non-hydrogen) atoms. The molecule has 0 aliphatic rings. The highest BCUT2D eigenvalue weighted by Gasteiger charge is 1.92. The van der Waals surface area contributed by atoms with Crippen LogP contribution in [0.3, 0.4) is 0 Å². The largest absolute Gasteiger partial charge is 0.507 e. The van der Waals surface area contributed by atoms with E-state index in [-0.39, 0.29) is 6.33 Å². The Balaban J connectivity index is -0.000000147. The third kappa shape index (κ3) is 84.0. The molecule has 0 bridgehead atoms. The van der Waals surface area contributed by atoms with Crippen LogP contribution in [0.2, 0.25) is 0 Å². The van der Waals surface area contributed by atoms with Crippen molar-refractivity contribution in [2.75, 3.05) is 13.7 Å². The zero-order valence-electron chi connectivity index (χ0n) is 7.90. The molecule has 0 saturated carbocycles. The highest BCUT2D eigenvalue weighted by molar-refractivity contribution is 5.59. The van der Waals surface area contributed by atoms with Crippen LogP contribution in [0.4, 0.5) is 14.0 Å². The number of methoxy groups -OCH3 is 1. The maximum Gasteiger partial charge on any atom is 0.507 e. The van der Waals surface area contributed by atoms with Crippen molar-refractivity contribution in [1.29, 1.82) is 0 Å². The van der Waals surface area contributed by atoms with E-state index in [1.807, 2.05) is 0 Å². The number of hydrogen-bond donors (Lipinski definition) is 2. The van der Waals surface area contributed by atoms with Gasteiger partial charge in [-0.3, -0.25) is 0 Å². The van der Waals surface area contributed by atoms with Gasteiger partial charge in [-0.15, -0.1) is 0 Å². The minimum Gasteiger partial charge on any atom is -0.450 e. The van der Waals surface area contributed by atoms with E-state index in [0.717, 1.165) is 0 Å². The Morgan fingerprint density at radius 2 is 1.79 bits per heavy atom. The van der Waals surface area contributed by atoms with Crippen molar-refractivity contribution in [2.45, 2.75) is 6.92 Å². The summed E-state index contributed by atoms with van der Waals surface area (Å²) in [6.45, 7) is 4.78. The summed E-state index contributed by atoms with van der Waals surface area (Å²) in [5, 5.41) is 13.9. The van der Waals surface area contributed by atoms with E-state index in [9.17, 15) is 9.18 Å². The Morgan fingerprint density at radius 1 is 1.50 bits per heavy atom. The minimum atomic E-state index is -1.83. The molecule has 0 saturated heterocycles. The molecule has 0 heterocycles. The fourth-order valence-corrected chi connectivity index (χ4v) is 0.177. The summed E-state index contributed by atoms with van der Waals surface area (Å²) in [6.07, 6.45) is -2.21. The van der Waals surface area contributed by atoms with Crippen LogP contribution in [0.5, 0.6) is 0 Å². The molecule has 0 radical (unpaired) electrons. The van der Waals surface area contributed by atoms with E-state index in [2.05, 4.69) is 16.1 Å². The van der Waals surface area contributed by atoms with Crippen LogP contribution in [0.15, 0.2) is 12.9 Å². The maximum atomic E-state index is 10.1. The maximum absolute atomic E-state index is 10.1. The normalized spacial score (nSPS) is 6.50. The molecule has 0 unspecified atom stereocenters. The smallest absolute Gasteiger partial charge is 0.450 e. The highest BCUT2D eigenvalue weighted by Crippen LogP contribution is 1.77. The molecule has 0 rings (SSSR count). The Labute approximate surface area is 80.6 Å². The average molecular weight is 212 g/mol. The van der Waals surface area contributed by atoms with Gasteiger partial charge in [0.1, 0.15) is 0 Å². The second kappa shape index (κ2) is 17.3. The van der Waals surface area contributed by atoms with E-state index < -0.39 is 12.3 Å². The summed E-state index contributed by atoms with van der Waals surface area (Å²) in [5.74, 6) is 0. The molecule has 0 aromatic rings. The highest BCUT2D eigenvalue weighted by atomic mass is 19.1. The van der Waals surface area contributed by atoms with Crippen LogP contribution in [0.25, 0.3) is 0 Å². The second-order valence-electron chi connectivity index (χ2n) is 1.32. The van der Waals surface area contributed by atoms with Gasteiger partial charge in [-0.2, -0.15) is 0 Å². The van der Waals surface area contributed by atoms with Gasteiger partial charge in [0, 0.05) is 0 Å². The standard InChI is InChI=1S/C4H8O3.C2H3F.CH2O3/c1-3-7-4(5)6-2;1-2-3;2-1(3)4/h3H2,1-2H3;2H,1H2;(H2,2,3,4).